The fourth-order valence-electron chi connectivity index (χ4n) is 11.6. The topological polar surface area (TPSA) is 187 Å². The Morgan fingerprint density at radius 1 is 0.618 bits per heavy atom. The number of rotatable bonds is 13. The Labute approximate surface area is 510 Å². The number of benzene rings is 4. The van der Waals surface area contributed by atoms with E-state index in [1.807, 2.05) is 60.0 Å². The van der Waals surface area contributed by atoms with Crippen LogP contribution in [0.2, 0.25) is 0 Å². The number of aromatic nitrogens is 3. The summed E-state index contributed by atoms with van der Waals surface area (Å²) in [6.45, 7) is 11.5. The van der Waals surface area contributed by atoms with Crippen LogP contribution in [-0.4, -0.2) is 184 Å². The van der Waals surface area contributed by atoms with Gasteiger partial charge in [0.05, 0.1) is 55.5 Å². The second-order valence-electron chi connectivity index (χ2n) is 22.9. The van der Waals surface area contributed by atoms with Gasteiger partial charge in [-0.2, -0.15) is 26.3 Å². The number of carbonyl (C=O) groups is 2. The minimum Gasteiger partial charge on any atom is -0.378 e. The van der Waals surface area contributed by atoms with Gasteiger partial charge in [-0.05, 0) is 124 Å². The number of dihydropyridines is 1. The van der Waals surface area contributed by atoms with Crippen molar-refractivity contribution in [3.05, 3.63) is 148 Å². The predicted octanol–water partition coefficient (Wildman–Crippen LogP) is 9.14. The van der Waals surface area contributed by atoms with Crippen molar-refractivity contribution in [3.8, 4) is 0 Å². The van der Waals surface area contributed by atoms with E-state index >= 15 is 0 Å². The molecule has 4 fully saturated rings. The molecule has 0 aliphatic carbocycles. The van der Waals surface area contributed by atoms with Crippen LogP contribution in [0.4, 0.5) is 72.1 Å². The first-order valence-corrected chi connectivity index (χ1v) is 29.7. The molecule has 4 N–H and O–H groups in total. The summed E-state index contributed by atoms with van der Waals surface area (Å²) < 4.78 is 97.9. The van der Waals surface area contributed by atoms with Gasteiger partial charge in [0.2, 0.25) is 0 Å². The summed E-state index contributed by atoms with van der Waals surface area (Å²) >= 11 is 0. The summed E-state index contributed by atoms with van der Waals surface area (Å²) in [4.78, 5) is 67.2. The maximum absolute atomic E-state index is 14.5. The Morgan fingerprint density at radius 3 is 1.85 bits per heavy atom. The first-order valence-electron chi connectivity index (χ1n) is 29.7. The van der Waals surface area contributed by atoms with Crippen molar-refractivity contribution >= 4 is 80.8 Å². The van der Waals surface area contributed by atoms with E-state index in [1.54, 1.807) is 54.9 Å². The standard InChI is InChI=1S/C63H68F6N16O4/c1-40-5-6-41(60(86)73-46-31-44(62(64,65)66)33-48(35-46)81-14-4-13-79(2)15-18-81)29-51(40)75-59-57-53(10-12-55(78-57)84-23-27-89-28-24-84)85(39-72-59)37-43-8-7-42(61(87)74-47-32-45(63(67,68)69)34-49(36-47)82-19-16-80(3)17-20-82)30-52(43)76-58-56-50(70-38-71-58)9-11-54(77-56)83-21-25-88-26-22-83/h5-12,29-36,38-39,53,75H,4,13-28,37H2,1-3H3,(H,73,86)(H,74,87)(H,70,71,76). The molecule has 12 rings (SSSR count). The second-order valence-corrected chi connectivity index (χ2v) is 22.9. The van der Waals surface area contributed by atoms with E-state index < -0.39 is 41.3 Å². The number of hydrogen-bond donors (Lipinski definition) is 4. The number of pyridine rings is 1. The van der Waals surface area contributed by atoms with Crippen molar-refractivity contribution in [2.45, 2.75) is 38.3 Å². The smallest absolute Gasteiger partial charge is 0.378 e. The van der Waals surface area contributed by atoms with Crippen molar-refractivity contribution in [2.24, 2.45) is 9.98 Å². The van der Waals surface area contributed by atoms with Crippen molar-refractivity contribution in [1.29, 1.82) is 0 Å². The first kappa shape index (κ1) is 60.4. The van der Waals surface area contributed by atoms with Gasteiger partial charge < -0.3 is 65.0 Å². The highest BCUT2D eigenvalue weighted by molar-refractivity contribution is 6.06. The highest BCUT2D eigenvalue weighted by atomic mass is 19.4. The third kappa shape index (κ3) is 14.0. The largest absolute Gasteiger partial charge is 0.416 e. The van der Waals surface area contributed by atoms with Crippen LogP contribution in [-0.2, 0) is 28.4 Å². The lowest BCUT2D eigenvalue weighted by atomic mass is 10.0. The van der Waals surface area contributed by atoms with Crippen molar-refractivity contribution in [2.75, 3.05) is 155 Å². The van der Waals surface area contributed by atoms with Crippen LogP contribution >= 0.6 is 0 Å². The predicted molar refractivity (Wildman–Crippen MR) is 332 cm³/mol. The number of likely N-dealkylation sites (N-methyl/N-ethyl adjacent to an activating group) is 2. The van der Waals surface area contributed by atoms with Gasteiger partial charge >= 0.3 is 12.4 Å². The molecule has 20 nitrogen and oxygen atoms in total. The van der Waals surface area contributed by atoms with Crippen LogP contribution in [0.3, 0.4) is 0 Å². The van der Waals surface area contributed by atoms with Crippen LogP contribution in [0.25, 0.3) is 11.0 Å². The van der Waals surface area contributed by atoms with E-state index in [-0.39, 0.29) is 29.0 Å². The maximum Gasteiger partial charge on any atom is 0.416 e. The fourth-order valence-corrected chi connectivity index (χ4v) is 11.6. The molecule has 1 unspecified atom stereocenters. The molecule has 6 aliphatic heterocycles. The number of nitrogens with one attached hydrogen (secondary N) is 4. The SMILES string of the molecule is Cc1ccc(C(=O)Nc2cc(N3CCCN(C)CC3)cc(C(F)(F)F)c2)cc1NC1=C2N=C(N3CCOCC3)C=CC2N(Cc2ccc(C(=O)Nc3cc(N4CCN(C)CC4)cc(C(F)(F)F)c3)cc2Nc2ncnc3ccc(N4CCOCC4)nc23)C=N1. The molecule has 1 atom stereocenters. The Bertz CT molecular complexity index is 3760. The maximum atomic E-state index is 14.5. The quantitative estimate of drug-likeness (QED) is 0.0802. The van der Waals surface area contributed by atoms with Crippen LogP contribution in [0.15, 0.2) is 125 Å². The van der Waals surface area contributed by atoms with Gasteiger partial charge in [0.15, 0.2) is 11.6 Å². The highest BCUT2D eigenvalue weighted by Crippen LogP contribution is 2.39. The molecule has 2 aromatic heterocycles. The lowest BCUT2D eigenvalue weighted by molar-refractivity contribution is -0.138. The Morgan fingerprint density at radius 2 is 1.21 bits per heavy atom. The van der Waals surface area contributed by atoms with Crippen molar-refractivity contribution in [1.82, 2.24) is 34.6 Å². The van der Waals surface area contributed by atoms with Crippen LogP contribution in [0, 0.1) is 6.92 Å². The number of aryl methyl sites for hydroxylation is 1. The number of amidine groups is 1. The van der Waals surface area contributed by atoms with Gasteiger partial charge in [0, 0.05) is 124 Å². The van der Waals surface area contributed by atoms with E-state index in [1.165, 1.54) is 6.33 Å². The number of morpholine rings is 2. The molecule has 4 saturated heterocycles. The van der Waals surface area contributed by atoms with E-state index in [4.69, 9.17) is 24.4 Å². The molecule has 26 heteroatoms. The average molecular weight is 1230 g/mol. The summed E-state index contributed by atoms with van der Waals surface area (Å²) in [5, 5.41) is 12.4. The molecular formula is C63H68F6N16O4. The lowest BCUT2D eigenvalue weighted by Crippen LogP contribution is -2.44. The molecule has 89 heavy (non-hydrogen) atoms. The molecule has 0 saturated carbocycles. The zero-order chi connectivity index (χ0) is 62.0. The Balaban J connectivity index is 0.861. The third-order valence-electron chi connectivity index (χ3n) is 16.7. The molecule has 466 valence electrons. The van der Waals surface area contributed by atoms with Crippen LogP contribution < -0.4 is 36.0 Å². The van der Waals surface area contributed by atoms with Gasteiger partial charge in [-0.1, -0.05) is 18.2 Å². The summed E-state index contributed by atoms with van der Waals surface area (Å²) in [5.41, 5.74) is 3.17. The van der Waals surface area contributed by atoms with Gasteiger partial charge in [0.1, 0.15) is 29.2 Å². The molecule has 0 radical (unpaired) electrons. The molecule has 2 amide bonds. The average Bonchev–Trinajstić information content (AvgIpc) is 1.82. The van der Waals surface area contributed by atoms with Gasteiger partial charge in [-0.25, -0.2) is 24.9 Å². The summed E-state index contributed by atoms with van der Waals surface area (Å²) in [6.07, 6.45) is -1.52. The molecule has 0 spiro atoms. The number of hydrogen-bond acceptors (Lipinski definition) is 18. The van der Waals surface area contributed by atoms with Crippen molar-refractivity contribution < 1.29 is 45.4 Å². The number of amides is 2. The minimum atomic E-state index is -4.68. The van der Waals surface area contributed by atoms with Crippen molar-refractivity contribution in [3.63, 3.8) is 0 Å². The summed E-state index contributed by atoms with van der Waals surface area (Å²) in [6, 6.07) is 20.5. The summed E-state index contributed by atoms with van der Waals surface area (Å²) in [7, 11) is 3.94. The third-order valence-corrected chi connectivity index (χ3v) is 16.7. The molecule has 6 aliphatic rings. The fraction of sp³-hybridized carbons (Fsp3) is 0.381. The number of piperazine rings is 1. The van der Waals surface area contributed by atoms with E-state index in [0.717, 1.165) is 42.8 Å². The summed E-state index contributed by atoms with van der Waals surface area (Å²) in [5.74, 6) is 0.826. The van der Waals surface area contributed by atoms with E-state index in [9.17, 15) is 35.9 Å². The monoisotopic (exact) mass is 1230 g/mol. The number of aliphatic imine (C=N–C) groups is 2. The Kier molecular flexibility index (Phi) is 17.5. The number of alkyl halides is 6. The van der Waals surface area contributed by atoms with Crippen LogP contribution in [0.1, 0.15) is 49.4 Å². The number of fused-ring (bicyclic) bond motifs is 2. The van der Waals surface area contributed by atoms with Gasteiger partial charge in [-0.15, -0.1) is 0 Å². The molecule has 4 aromatic carbocycles. The second kappa shape index (κ2) is 25.7. The highest BCUT2D eigenvalue weighted by Gasteiger charge is 2.35. The first-order chi connectivity index (χ1) is 42.8. The number of halogens is 6. The lowest BCUT2D eigenvalue weighted by Gasteiger charge is -2.37. The zero-order valence-corrected chi connectivity index (χ0v) is 49.5. The zero-order valence-electron chi connectivity index (χ0n) is 49.5. The number of anilines is 8. The van der Waals surface area contributed by atoms with Gasteiger partial charge in [-0.3, -0.25) is 9.59 Å². The molecule has 8 heterocycles. The van der Waals surface area contributed by atoms with Crippen LogP contribution in [0.5, 0.6) is 0 Å². The molecule has 6 aromatic rings. The van der Waals surface area contributed by atoms with Gasteiger partial charge in [0.25, 0.3) is 11.8 Å². The Hall–Kier alpha value is -8.85. The normalized spacial score (nSPS) is 18.9. The number of ether oxygens (including phenoxy) is 2. The minimum absolute atomic E-state index is 0.0119. The molecule has 0 bridgehead atoms. The van der Waals surface area contributed by atoms with E-state index in [0.29, 0.717) is 167 Å². The molecular weight excluding hydrogens is 1160 g/mol. The van der Waals surface area contributed by atoms with E-state index in [2.05, 4.69) is 50.8 Å². The number of nitrogens with zero attached hydrogens (tertiary/aromatic N) is 12. The number of carbonyl (C=O) groups excluding carboxylic acids is 2.